The van der Waals surface area contributed by atoms with E-state index in [-0.39, 0.29) is 24.2 Å². The van der Waals surface area contributed by atoms with Gasteiger partial charge in [-0.1, -0.05) is 0 Å². The van der Waals surface area contributed by atoms with Crippen LogP contribution in [0.15, 0.2) is 24.3 Å². The number of nitrogens with zero attached hydrogens (tertiary/aromatic N) is 1. The van der Waals surface area contributed by atoms with Gasteiger partial charge >= 0.3 is 0 Å². The Balaban J connectivity index is 1.58. The number of amides is 3. The second-order valence-electron chi connectivity index (χ2n) is 6.48. The third kappa shape index (κ3) is 4.04. The van der Waals surface area contributed by atoms with E-state index in [1.807, 2.05) is 12.1 Å². The quantitative estimate of drug-likeness (QED) is 0.618. The normalized spacial score (nSPS) is 21.6. The first-order valence-corrected chi connectivity index (χ1v) is 8.51. The van der Waals surface area contributed by atoms with Gasteiger partial charge in [0.15, 0.2) is 0 Å². The van der Waals surface area contributed by atoms with Crippen molar-refractivity contribution in [2.24, 2.45) is 5.92 Å². The molecule has 7 heteroatoms. The number of hydrogen-bond donors (Lipinski definition) is 2. The van der Waals surface area contributed by atoms with E-state index in [0.29, 0.717) is 12.0 Å². The zero-order chi connectivity index (χ0) is 17.8. The van der Waals surface area contributed by atoms with Gasteiger partial charge in [-0.15, -0.1) is 0 Å². The molecule has 2 heterocycles. The van der Waals surface area contributed by atoms with Crippen LogP contribution in [0.2, 0.25) is 0 Å². The van der Waals surface area contributed by atoms with Crippen molar-refractivity contribution in [1.29, 1.82) is 0 Å². The van der Waals surface area contributed by atoms with Crippen molar-refractivity contribution in [1.82, 2.24) is 10.6 Å². The average molecular weight is 343 g/mol. The molecule has 1 aromatic rings. The topological polar surface area (TPSA) is 95.6 Å². The molecule has 2 saturated heterocycles. The maximum atomic E-state index is 12.3. The molecule has 0 radical (unpaired) electrons. The average Bonchev–Trinajstić information content (AvgIpc) is 2.64. The van der Waals surface area contributed by atoms with E-state index in [2.05, 4.69) is 15.5 Å². The number of carbonyl (C=O) groups is 4. The maximum Gasteiger partial charge on any atom is 0.251 e. The first kappa shape index (κ1) is 17.1. The van der Waals surface area contributed by atoms with E-state index < -0.39 is 11.9 Å². The lowest BCUT2D eigenvalue weighted by molar-refractivity contribution is -0.134. The first-order valence-electron chi connectivity index (χ1n) is 8.51. The van der Waals surface area contributed by atoms with Crippen LogP contribution in [0.4, 0.5) is 5.69 Å². The van der Waals surface area contributed by atoms with Crippen LogP contribution in [0.5, 0.6) is 0 Å². The second kappa shape index (κ2) is 7.46. The fourth-order valence-corrected chi connectivity index (χ4v) is 3.19. The largest absolute Gasteiger partial charge is 0.371 e. The number of anilines is 1. The molecule has 0 saturated carbocycles. The number of rotatable bonds is 4. The highest BCUT2D eigenvalue weighted by Gasteiger charge is 2.28. The van der Waals surface area contributed by atoms with Gasteiger partial charge in [0.25, 0.3) is 5.91 Å². The summed E-state index contributed by atoms with van der Waals surface area (Å²) in [5.41, 5.74) is 1.48. The minimum absolute atomic E-state index is 0.148. The van der Waals surface area contributed by atoms with E-state index in [1.54, 1.807) is 12.1 Å². The number of carbonyl (C=O) groups excluding carboxylic acids is 4. The molecule has 7 nitrogen and oxygen atoms in total. The van der Waals surface area contributed by atoms with Crippen LogP contribution in [0.3, 0.4) is 0 Å². The molecule has 2 fully saturated rings. The van der Waals surface area contributed by atoms with E-state index in [0.717, 1.165) is 37.9 Å². The molecule has 0 aromatic heterocycles. The minimum atomic E-state index is -0.674. The van der Waals surface area contributed by atoms with E-state index in [9.17, 15) is 19.2 Å². The maximum absolute atomic E-state index is 12.3. The van der Waals surface area contributed by atoms with Crippen LogP contribution in [-0.4, -0.2) is 43.1 Å². The van der Waals surface area contributed by atoms with Crippen molar-refractivity contribution in [3.8, 4) is 0 Å². The first-order chi connectivity index (χ1) is 12.1. The molecular formula is C18H21N3O4. The minimum Gasteiger partial charge on any atom is -0.371 e. The Kier molecular flexibility index (Phi) is 5.11. The molecule has 132 valence electrons. The van der Waals surface area contributed by atoms with Crippen molar-refractivity contribution < 1.29 is 19.2 Å². The molecule has 0 spiro atoms. The Morgan fingerprint density at radius 1 is 1.12 bits per heavy atom. The van der Waals surface area contributed by atoms with Crippen LogP contribution < -0.4 is 15.5 Å². The summed E-state index contributed by atoms with van der Waals surface area (Å²) in [5, 5.41) is 4.88. The Labute approximate surface area is 145 Å². The summed E-state index contributed by atoms with van der Waals surface area (Å²) in [4.78, 5) is 48.1. The lowest BCUT2D eigenvalue weighted by atomic mass is 9.98. The molecular weight excluding hydrogens is 322 g/mol. The summed E-state index contributed by atoms with van der Waals surface area (Å²) in [6.45, 7) is 1.65. The van der Waals surface area contributed by atoms with Crippen LogP contribution in [0, 0.1) is 5.92 Å². The summed E-state index contributed by atoms with van der Waals surface area (Å²) >= 11 is 0. The number of piperidine rings is 2. The van der Waals surface area contributed by atoms with Crippen molar-refractivity contribution in [2.45, 2.75) is 31.7 Å². The molecule has 2 N–H and O–H groups in total. The zero-order valence-corrected chi connectivity index (χ0v) is 13.9. The van der Waals surface area contributed by atoms with Gasteiger partial charge in [-0.3, -0.25) is 19.7 Å². The van der Waals surface area contributed by atoms with Crippen molar-refractivity contribution >= 4 is 29.7 Å². The van der Waals surface area contributed by atoms with Crippen molar-refractivity contribution in [3.05, 3.63) is 29.8 Å². The molecule has 2 aliphatic heterocycles. The summed E-state index contributed by atoms with van der Waals surface area (Å²) in [6.07, 6.45) is 3.27. The van der Waals surface area contributed by atoms with Gasteiger partial charge in [0, 0.05) is 36.7 Å². The third-order valence-electron chi connectivity index (χ3n) is 4.77. The summed E-state index contributed by atoms with van der Waals surface area (Å²) < 4.78 is 0. The van der Waals surface area contributed by atoms with Gasteiger partial charge in [0.05, 0.1) is 0 Å². The molecule has 0 aliphatic carbocycles. The predicted octanol–water partition coefficient (Wildman–Crippen LogP) is 0.637. The third-order valence-corrected chi connectivity index (χ3v) is 4.77. The fourth-order valence-electron chi connectivity index (χ4n) is 3.19. The van der Waals surface area contributed by atoms with E-state index in [1.165, 1.54) is 0 Å². The molecule has 2 aliphatic rings. The Morgan fingerprint density at radius 2 is 1.80 bits per heavy atom. The molecule has 3 rings (SSSR count). The second-order valence-corrected chi connectivity index (χ2v) is 6.48. The highest BCUT2D eigenvalue weighted by molar-refractivity contribution is 6.03. The summed E-state index contributed by atoms with van der Waals surface area (Å²) in [5.74, 6) is -0.951. The number of aldehydes is 1. The molecule has 1 aromatic carbocycles. The van der Waals surface area contributed by atoms with Crippen LogP contribution in [0.1, 0.15) is 36.0 Å². The van der Waals surface area contributed by atoms with Gasteiger partial charge in [0.2, 0.25) is 11.8 Å². The molecule has 25 heavy (non-hydrogen) atoms. The zero-order valence-electron chi connectivity index (χ0n) is 13.9. The van der Waals surface area contributed by atoms with Gasteiger partial charge in [0.1, 0.15) is 12.3 Å². The van der Waals surface area contributed by atoms with Gasteiger partial charge < -0.3 is 15.0 Å². The SMILES string of the molecule is O=CC1CCN(c2ccc(C(=O)NC3CCC(=O)NC3=O)cc2)CC1. The lowest BCUT2D eigenvalue weighted by Crippen LogP contribution is -2.52. The number of benzene rings is 1. The standard InChI is InChI=1S/C18H21N3O4/c22-11-12-7-9-21(10-8-12)14-3-1-13(2-4-14)17(24)19-15-5-6-16(23)20-18(15)25/h1-4,11-12,15H,5-10H2,(H,19,24)(H,20,23,25). The van der Waals surface area contributed by atoms with Crippen LogP contribution >= 0.6 is 0 Å². The Morgan fingerprint density at radius 3 is 2.40 bits per heavy atom. The number of imide groups is 1. The Bertz CT molecular complexity index is 678. The molecule has 1 atom stereocenters. The van der Waals surface area contributed by atoms with E-state index in [4.69, 9.17) is 0 Å². The molecule has 3 amide bonds. The van der Waals surface area contributed by atoms with E-state index >= 15 is 0 Å². The predicted molar refractivity (Wildman–Crippen MR) is 91.1 cm³/mol. The summed E-state index contributed by atoms with van der Waals surface area (Å²) in [6, 6.07) is 6.53. The van der Waals surface area contributed by atoms with Crippen molar-refractivity contribution in [2.75, 3.05) is 18.0 Å². The fraction of sp³-hybridized carbons (Fsp3) is 0.444. The lowest BCUT2D eigenvalue weighted by Gasteiger charge is -2.31. The molecule has 1 unspecified atom stereocenters. The van der Waals surface area contributed by atoms with Gasteiger partial charge in [-0.2, -0.15) is 0 Å². The van der Waals surface area contributed by atoms with Crippen LogP contribution in [-0.2, 0) is 14.4 Å². The monoisotopic (exact) mass is 343 g/mol. The molecule has 0 bridgehead atoms. The highest BCUT2D eigenvalue weighted by Crippen LogP contribution is 2.22. The summed E-state index contributed by atoms with van der Waals surface area (Å²) in [7, 11) is 0. The smallest absolute Gasteiger partial charge is 0.251 e. The Hall–Kier alpha value is -2.70. The van der Waals surface area contributed by atoms with Gasteiger partial charge in [-0.25, -0.2) is 0 Å². The highest BCUT2D eigenvalue weighted by atomic mass is 16.2. The van der Waals surface area contributed by atoms with Crippen molar-refractivity contribution in [3.63, 3.8) is 0 Å². The van der Waals surface area contributed by atoms with Gasteiger partial charge in [-0.05, 0) is 43.5 Å². The van der Waals surface area contributed by atoms with Crippen LogP contribution in [0.25, 0.3) is 0 Å². The number of nitrogens with one attached hydrogen (secondary N) is 2. The number of hydrogen-bond acceptors (Lipinski definition) is 5.